The van der Waals surface area contributed by atoms with Crippen molar-refractivity contribution in [3.63, 3.8) is 0 Å². The first kappa shape index (κ1) is 14.8. The van der Waals surface area contributed by atoms with Gasteiger partial charge in [0.2, 0.25) is 0 Å². The summed E-state index contributed by atoms with van der Waals surface area (Å²) in [7, 11) is 0. The zero-order valence-corrected chi connectivity index (χ0v) is 13.7. The van der Waals surface area contributed by atoms with Crippen LogP contribution in [-0.4, -0.2) is 12.0 Å². The molecule has 0 radical (unpaired) electrons. The van der Waals surface area contributed by atoms with Crippen LogP contribution in [-0.2, 0) is 11.3 Å². The van der Waals surface area contributed by atoms with E-state index in [0.29, 0.717) is 18.2 Å². The molecule has 2 saturated carbocycles. The van der Waals surface area contributed by atoms with Crippen LogP contribution in [0.1, 0.15) is 39.2 Å². The van der Waals surface area contributed by atoms with E-state index in [4.69, 9.17) is 11.6 Å². The topological polar surface area (TPSA) is 29.4 Å². The molecule has 2 nitrogen and oxygen atoms in total. The number of aliphatic imine (C=N–C) groups is 1. The van der Waals surface area contributed by atoms with Crippen molar-refractivity contribution in [2.75, 3.05) is 0 Å². The van der Waals surface area contributed by atoms with Gasteiger partial charge in [0.15, 0.2) is 0 Å². The minimum absolute atomic E-state index is 0.0127. The lowest BCUT2D eigenvalue weighted by atomic mass is 9.70. The predicted molar refractivity (Wildman–Crippen MR) is 86.8 cm³/mol. The number of benzene rings is 1. The average Bonchev–Trinajstić information content (AvgIpc) is 2.75. The van der Waals surface area contributed by atoms with Gasteiger partial charge in [0.25, 0.3) is 0 Å². The van der Waals surface area contributed by atoms with Crippen molar-refractivity contribution in [1.82, 2.24) is 0 Å². The van der Waals surface area contributed by atoms with Gasteiger partial charge in [-0.3, -0.25) is 9.79 Å². The molecule has 0 spiro atoms. The van der Waals surface area contributed by atoms with Crippen LogP contribution in [0, 0.1) is 22.7 Å². The number of ketones is 1. The van der Waals surface area contributed by atoms with E-state index >= 15 is 0 Å². The summed E-state index contributed by atoms with van der Waals surface area (Å²) in [4.78, 5) is 17.2. The molecule has 0 N–H and O–H groups in total. The van der Waals surface area contributed by atoms with Gasteiger partial charge in [-0.1, -0.05) is 50.6 Å². The van der Waals surface area contributed by atoms with E-state index in [9.17, 15) is 4.79 Å². The van der Waals surface area contributed by atoms with Crippen LogP contribution in [0.4, 0.5) is 0 Å². The third-order valence-corrected chi connectivity index (χ3v) is 6.44. The normalized spacial score (nSPS) is 34.0. The highest BCUT2D eigenvalue weighted by molar-refractivity contribution is 6.31. The fourth-order valence-electron chi connectivity index (χ4n) is 4.22. The molecule has 1 aromatic carbocycles. The van der Waals surface area contributed by atoms with Gasteiger partial charge in [0.05, 0.1) is 12.5 Å². The summed E-state index contributed by atoms with van der Waals surface area (Å²) in [5.41, 5.74) is 0.931. The Bertz CT molecular complexity index is 607. The molecule has 0 saturated heterocycles. The van der Waals surface area contributed by atoms with Crippen LogP contribution >= 0.6 is 11.6 Å². The molecule has 0 heterocycles. The van der Waals surface area contributed by atoms with Gasteiger partial charge >= 0.3 is 0 Å². The summed E-state index contributed by atoms with van der Waals surface area (Å²) in [5.74, 6) is 0.804. The molecule has 0 aliphatic heterocycles. The molecule has 2 aliphatic rings. The molecule has 3 rings (SSSR count). The van der Waals surface area contributed by atoms with E-state index in [2.05, 4.69) is 25.8 Å². The van der Waals surface area contributed by atoms with Crippen molar-refractivity contribution >= 4 is 23.6 Å². The molecule has 2 fully saturated rings. The summed E-state index contributed by atoms with van der Waals surface area (Å²) in [6.07, 6.45) is 4.05. The van der Waals surface area contributed by atoms with Gasteiger partial charge in [0.1, 0.15) is 5.78 Å². The van der Waals surface area contributed by atoms with Gasteiger partial charge in [-0.15, -0.1) is 0 Å². The Morgan fingerprint density at radius 2 is 2.05 bits per heavy atom. The lowest BCUT2D eigenvalue weighted by molar-refractivity contribution is -0.129. The second-order valence-electron chi connectivity index (χ2n) is 7.17. The molecular weight excluding hydrogens is 282 g/mol. The summed E-state index contributed by atoms with van der Waals surface area (Å²) in [6.45, 7) is 7.17. The molecule has 0 aromatic heterocycles. The van der Waals surface area contributed by atoms with Gasteiger partial charge in [0, 0.05) is 16.7 Å². The standard InChI is InChI=1S/C18H22ClNO/c1-17(2)14-8-9-18(17,3)16(21)13(14)11-20-10-12-6-4-5-7-15(12)19/h4-7,11,13-14H,8-10H2,1-3H3/t13-,14-,18-/m0/s1. The summed E-state index contributed by atoms with van der Waals surface area (Å²) < 4.78 is 0. The predicted octanol–water partition coefficient (Wildman–Crippen LogP) is 4.55. The van der Waals surface area contributed by atoms with E-state index in [-0.39, 0.29) is 16.7 Å². The third-order valence-electron chi connectivity index (χ3n) is 6.07. The van der Waals surface area contributed by atoms with Crippen LogP contribution in [0.15, 0.2) is 29.3 Å². The third kappa shape index (κ3) is 2.07. The summed E-state index contributed by atoms with van der Waals surface area (Å²) >= 11 is 6.14. The molecule has 1 aromatic rings. The first-order valence-electron chi connectivity index (χ1n) is 7.65. The molecule has 3 atom stereocenters. The second kappa shape index (κ2) is 4.95. The first-order valence-corrected chi connectivity index (χ1v) is 8.03. The van der Waals surface area contributed by atoms with Crippen molar-refractivity contribution < 1.29 is 4.79 Å². The molecule has 0 unspecified atom stereocenters. The zero-order chi connectivity index (χ0) is 15.3. The van der Waals surface area contributed by atoms with Gasteiger partial charge in [-0.25, -0.2) is 0 Å². The quantitative estimate of drug-likeness (QED) is 0.753. The van der Waals surface area contributed by atoms with E-state index < -0.39 is 0 Å². The van der Waals surface area contributed by atoms with Crippen LogP contribution in [0.3, 0.4) is 0 Å². The van der Waals surface area contributed by atoms with Crippen LogP contribution in [0.5, 0.6) is 0 Å². The Morgan fingerprint density at radius 3 is 2.67 bits per heavy atom. The highest BCUT2D eigenvalue weighted by Crippen LogP contribution is 2.65. The monoisotopic (exact) mass is 303 g/mol. The number of carbonyl (C=O) groups excluding carboxylic acids is 1. The maximum Gasteiger partial charge on any atom is 0.147 e. The maximum absolute atomic E-state index is 12.7. The van der Waals surface area contributed by atoms with Crippen molar-refractivity contribution in [2.24, 2.45) is 27.7 Å². The van der Waals surface area contributed by atoms with Crippen LogP contribution < -0.4 is 0 Å². The highest BCUT2D eigenvalue weighted by Gasteiger charge is 2.65. The Balaban J connectivity index is 1.76. The number of hydrogen-bond acceptors (Lipinski definition) is 2. The number of rotatable bonds is 3. The first-order chi connectivity index (χ1) is 9.88. The molecule has 3 heteroatoms. The van der Waals surface area contributed by atoms with Gasteiger partial charge in [-0.05, 0) is 35.8 Å². The fraction of sp³-hybridized carbons (Fsp3) is 0.556. The van der Waals surface area contributed by atoms with E-state index in [1.165, 1.54) is 0 Å². The fourth-order valence-corrected chi connectivity index (χ4v) is 4.41. The minimum atomic E-state index is -0.168. The molecule has 112 valence electrons. The smallest absolute Gasteiger partial charge is 0.147 e. The SMILES string of the molecule is CC1(C)[C@H]2CC[C@@]1(C)C(=O)[C@H]2C=NCc1ccccc1Cl. The van der Waals surface area contributed by atoms with Crippen molar-refractivity contribution in [3.05, 3.63) is 34.9 Å². The molecule has 21 heavy (non-hydrogen) atoms. The Kier molecular flexibility index (Phi) is 3.48. The van der Waals surface area contributed by atoms with Crippen LogP contribution in [0.2, 0.25) is 5.02 Å². The zero-order valence-electron chi connectivity index (χ0n) is 12.9. The van der Waals surface area contributed by atoms with Crippen molar-refractivity contribution in [2.45, 2.75) is 40.2 Å². The molecule has 2 aliphatic carbocycles. The van der Waals surface area contributed by atoms with Crippen molar-refractivity contribution in [3.8, 4) is 0 Å². The van der Waals surface area contributed by atoms with Crippen LogP contribution in [0.25, 0.3) is 0 Å². The molecule has 0 amide bonds. The number of fused-ring (bicyclic) bond motifs is 2. The maximum atomic E-state index is 12.7. The Labute approximate surface area is 131 Å². The number of nitrogens with zero attached hydrogens (tertiary/aromatic N) is 1. The number of carbonyl (C=O) groups is 1. The number of Topliss-reactive ketones (excluding diaryl/α,β-unsaturated/α-hetero) is 1. The number of halogens is 1. The van der Waals surface area contributed by atoms with Gasteiger partial charge < -0.3 is 0 Å². The van der Waals surface area contributed by atoms with E-state index in [1.807, 2.05) is 30.5 Å². The number of hydrogen-bond donors (Lipinski definition) is 0. The second-order valence-corrected chi connectivity index (χ2v) is 7.58. The molecular formula is C18H22ClNO. The lowest BCUT2D eigenvalue weighted by Gasteiger charge is -2.32. The average molecular weight is 304 g/mol. The summed E-state index contributed by atoms with van der Waals surface area (Å²) in [5, 5.41) is 0.737. The Hall–Kier alpha value is -1.15. The minimum Gasteiger partial charge on any atom is -0.298 e. The molecule has 2 bridgehead atoms. The largest absolute Gasteiger partial charge is 0.298 e. The Morgan fingerprint density at radius 1 is 1.33 bits per heavy atom. The van der Waals surface area contributed by atoms with Crippen molar-refractivity contribution in [1.29, 1.82) is 0 Å². The van der Waals surface area contributed by atoms with E-state index in [0.717, 1.165) is 23.4 Å². The van der Waals surface area contributed by atoms with E-state index in [1.54, 1.807) is 0 Å². The summed E-state index contributed by atoms with van der Waals surface area (Å²) in [6, 6.07) is 7.73. The van der Waals surface area contributed by atoms with Gasteiger partial charge in [-0.2, -0.15) is 0 Å². The lowest BCUT2D eigenvalue weighted by Crippen LogP contribution is -2.33. The highest BCUT2D eigenvalue weighted by atomic mass is 35.5.